The molecule has 9 heteroatoms. The third-order valence-corrected chi connectivity index (χ3v) is 11.0. The Labute approximate surface area is 302 Å². The molecule has 0 atom stereocenters. The van der Waals surface area contributed by atoms with E-state index in [1.54, 1.807) is 12.1 Å². The maximum Gasteiger partial charge on any atom is 0.319 e. The SMILES string of the molecule is C#Cc1c(F)ccc2cccc(-c3nc(CCC)c4c(N5CCNCC5)nc(OCC5(CN6CCC7(CC6)CC7)CC5)nc4c3F)c12.CC.CC. The average Bonchev–Trinajstić information content (AvgIpc) is 4.12. The van der Waals surface area contributed by atoms with Crippen LogP contribution in [0, 0.1) is 34.8 Å². The summed E-state index contributed by atoms with van der Waals surface area (Å²) in [5.74, 6) is 2.06. The van der Waals surface area contributed by atoms with Crippen LogP contribution in [0.4, 0.5) is 14.6 Å². The normalized spacial score (nSPS) is 18.7. The van der Waals surface area contributed by atoms with Crippen LogP contribution in [-0.2, 0) is 6.42 Å². The topological polar surface area (TPSA) is 66.4 Å². The summed E-state index contributed by atoms with van der Waals surface area (Å²) in [5, 5.41) is 5.22. The molecule has 51 heavy (non-hydrogen) atoms. The Hall–Kier alpha value is -3.87. The lowest BCUT2D eigenvalue weighted by molar-refractivity contribution is 0.115. The molecule has 272 valence electrons. The van der Waals surface area contributed by atoms with Gasteiger partial charge in [0.05, 0.1) is 23.3 Å². The maximum atomic E-state index is 17.0. The maximum absolute atomic E-state index is 17.0. The van der Waals surface area contributed by atoms with Crippen LogP contribution in [0.15, 0.2) is 30.3 Å². The number of aryl methyl sites for hydroxylation is 1. The van der Waals surface area contributed by atoms with Gasteiger partial charge >= 0.3 is 6.01 Å². The Morgan fingerprint density at radius 2 is 1.61 bits per heavy atom. The van der Waals surface area contributed by atoms with Crippen LogP contribution in [0.5, 0.6) is 6.01 Å². The molecule has 0 unspecified atom stereocenters. The zero-order chi connectivity index (χ0) is 36.2. The van der Waals surface area contributed by atoms with Crippen LogP contribution in [0.1, 0.15) is 90.8 Å². The number of ether oxygens (including phenoxy) is 1. The monoisotopic (exact) mass is 696 g/mol. The van der Waals surface area contributed by atoms with Gasteiger partial charge in [0.1, 0.15) is 22.8 Å². The minimum absolute atomic E-state index is 0.0928. The molecule has 0 amide bonds. The summed E-state index contributed by atoms with van der Waals surface area (Å²) in [6.45, 7) is 17.0. The number of halogens is 2. The van der Waals surface area contributed by atoms with Crippen LogP contribution in [-0.4, -0.2) is 72.3 Å². The van der Waals surface area contributed by atoms with Gasteiger partial charge in [-0.15, -0.1) is 6.42 Å². The van der Waals surface area contributed by atoms with Crippen molar-refractivity contribution < 1.29 is 13.5 Å². The zero-order valence-electron chi connectivity index (χ0n) is 31.2. The highest BCUT2D eigenvalue weighted by atomic mass is 19.1. The number of anilines is 1. The highest BCUT2D eigenvalue weighted by Gasteiger charge is 2.49. The number of aromatic nitrogens is 3. The molecular weight excluding hydrogens is 642 g/mol. The van der Waals surface area contributed by atoms with Crippen LogP contribution in [0.3, 0.4) is 0 Å². The van der Waals surface area contributed by atoms with Gasteiger partial charge in [-0.2, -0.15) is 9.97 Å². The van der Waals surface area contributed by atoms with Crippen molar-refractivity contribution in [1.29, 1.82) is 0 Å². The Balaban J connectivity index is 0.00000108. The van der Waals surface area contributed by atoms with Gasteiger partial charge in [-0.1, -0.05) is 71.2 Å². The van der Waals surface area contributed by atoms with Gasteiger partial charge in [0.15, 0.2) is 5.82 Å². The van der Waals surface area contributed by atoms with Gasteiger partial charge in [0, 0.05) is 49.1 Å². The summed E-state index contributed by atoms with van der Waals surface area (Å²) >= 11 is 0. The van der Waals surface area contributed by atoms with E-state index in [9.17, 15) is 4.39 Å². The first kappa shape index (κ1) is 36.9. The van der Waals surface area contributed by atoms with Gasteiger partial charge in [-0.3, -0.25) is 0 Å². The molecule has 2 saturated carbocycles. The lowest BCUT2D eigenvalue weighted by Crippen LogP contribution is -2.44. The molecule has 2 aliphatic heterocycles. The number of fused-ring (bicyclic) bond motifs is 2. The highest BCUT2D eigenvalue weighted by molar-refractivity contribution is 6.02. The second-order valence-corrected chi connectivity index (χ2v) is 14.3. The van der Waals surface area contributed by atoms with Crippen molar-refractivity contribution in [1.82, 2.24) is 25.2 Å². The summed E-state index contributed by atoms with van der Waals surface area (Å²) in [4.78, 5) is 19.5. The summed E-state index contributed by atoms with van der Waals surface area (Å²) in [6.07, 6.45) is 14.9. The quantitative estimate of drug-likeness (QED) is 0.176. The fraction of sp³-hybridized carbons (Fsp3) is 0.548. The molecule has 0 radical (unpaired) electrons. The Kier molecular flexibility index (Phi) is 11.4. The molecule has 7 nitrogen and oxygen atoms in total. The summed E-state index contributed by atoms with van der Waals surface area (Å²) in [7, 11) is 0. The summed E-state index contributed by atoms with van der Waals surface area (Å²) < 4.78 is 38.4. The van der Waals surface area contributed by atoms with Crippen LogP contribution in [0.25, 0.3) is 32.9 Å². The molecule has 2 saturated heterocycles. The van der Waals surface area contributed by atoms with E-state index in [1.165, 1.54) is 44.8 Å². The van der Waals surface area contributed by atoms with Crippen LogP contribution in [0.2, 0.25) is 0 Å². The average molecular weight is 697 g/mol. The van der Waals surface area contributed by atoms with E-state index in [4.69, 9.17) is 26.1 Å². The van der Waals surface area contributed by atoms with Crippen molar-refractivity contribution in [2.24, 2.45) is 10.8 Å². The van der Waals surface area contributed by atoms with E-state index < -0.39 is 11.6 Å². The van der Waals surface area contributed by atoms with Crippen molar-refractivity contribution in [2.45, 2.75) is 86.0 Å². The van der Waals surface area contributed by atoms with Gasteiger partial charge < -0.3 is 19.9 Å². The Morgan fingerprint density at radius 1 is 0.882 bits per heavy atom. The van der Waals surface area contributed by atoms with Crippen molar-refractivity contribution in [3.8, 4) is 29.6 Å². The van der Waals surface area contributed by atoms with Crippen LogP contribution < -0.4 is 15.0 Å². The van der Waals surface area contributed by atoms with Crippen molar-refractivity contribution in [3.05, 3.63) is 53.2 Å². The zero-order valence-corrected chi connectivity index (χ0v) is 31.2. The van der Waals surface area contributed by atoms with Crippen molar-refractivity contribution in [2.75, 3.05) is 57.3 Å². The number of hydrogen-bond donors (Lipinski definition) is 1. The van der Waals surface area contributed by atoms with E-state index in [1.807, 2.05) is 39.8 Å². The number of pyridine rings is 1. The lowest BCUT2D eigenvalue weighted by Gasteiger charge is -2.34. The Bertz CT molecular complexity index is 1880. The molecular formula is C42H54F2N6O. The smallest absolute Gasteiger partial charge is 0.319 e. The number of hydrogen-bond acceptors (Lipinski definition) is 7. The number of rotatable bonds is 9. The number of terminal acetylenes is 1. The number of benzene rings is 2. The van der Waals surface area contributed by atoms with Gasteiger partial charge in [0.25, 0.3) is 0 Å². The first-order chi connectivity index (χ1) is 24.9. The number of piperazine rings is 1. The number of likely N-dealkylation sites (tertiary alicyclic amines) is 1. The predicted octanol–water partition coefficient (Wildman–Crippen LogP) is 8.55. The van der Waals surface area contributed by atoms with Gasteiger partial charge in [0.2, 0.25) is 0 Å². The first-order valence-electron chi connectivity index (χ1n) is 19.3. The number of piperidine rings is 1. The minimum Gasteiger partial charge on any atom is -0.463 e. The van der Waals surface area contributed by atoms with Crippen LogP contribution >= 0.6 is 0 Å². The fourth-order valence-corrected chi connectivity index (χ4v) is 7.74. The van der Waals surface area contributed by atoms with Crippen molar-refractivity contribution in [3.63, 3.8) is 0 Å². The lowest BCUT2D eigenvalue weighted by atomic mass is 9.93. The second kappa shape index (κ2) is 15.8. The molecule has 4 aromatic rings. The molecule has 2 aromatic heterocycles. The third kappa shape index (κ3) is 7.54. The van der Waals surface area contributed by atoms with E-state index in [-0.39, 0.29) is 28.2 Å². The van der Waals surface area contributed by atoms with E-state index >= 15 is 4.39 Å². The fourth-order valence-electron chi connectivity index (χ4n) is 7.74. The van der Waals surface area contributed by atoms with E-state index in [0.717, 1.165) is 57.4 Å². The molecule has 4 heterocycles. The molecule has 2 aromatic carbocycles. The number of nitrogens with one attached hydrogen (secondary N) is 1. The Morgan fingerprint density at radius 3 is 2.25 bits per heavy atom. The standard InChI is InChI=1S/C38H42F2N6O.2C2H6/c1-3-6-29-31-34(32(40)33(42-29)27-8-5-7-25-9-10-28(39)26(4-2)30(25)27)43-36(44-35(31)46-21-17-41-18-22-46)47-24-38(13-14-38)23-45-19-15-37(11-12-37)16-20-45;2*1-2/h2,5,7-10,41H,3,6,11-24H2,1H3;2*1-2H3. The third-order valence-electron chi connectivity index (χ3n) is 11.0. The van der Waals surface area contributed by atoms with E-state index in [2.05, 4.69) is 28.0 Å². The molecule has 2 aliphatic carbocycles. The van der Waals surface area contributed by atoms with Gasteiger partial charge in [-0.05, 0) is 74.9 Å². The molecule has 8 rings (SSSR count). The molecule has 4 aliphatic rings. The number of nitrogens with zero attached hydrogens (tertiary/aromatic N) is 5. The molecule has 1 spiro atoms. The predicted molar refractivity (Wildman–Crippen MR) is 204 cm³/mol. The van der Waals surface area contributed by atoms with Gasteiger partial charge in [-0.25, -0.2) is 13.8 Å². The van der Waals surface area contributed by atoms with Crippen molar-refractivity contribution >= 4 is 27.5 Å². The first-order valence-corrected chi connectivity index (χ1v) is 19.3. The summed E-state index contributed by atoms with van der Waals surface area (Å²) in [5.41, 5.74) is 2.30. The summed E-state index contributed by atoms with van der Waals surface area (Å²) in [6, 6.07) is 8.64. The molecule has 1 N–H and O–H groups in total. The molecule has 0 bridgehead atoms. The van der Waals surface area contributed by atoms with E-state index in [0.29, 0.717) is 46.3 Å². The largest absolute Gasteiger partial charge is 0.463 e. The molecule has 4 fully saturated rings. The minimum atomic E-state index is -0.577. The second-order valence-electron chi connectivity index (χ2n) is 14.3. The highest BCUT2D eigenvalue weighted by Crippen LogP contribution is 2.55.